The first-order chi connectivity index (χ1) is 9.19. The molecular weight excluding hydrogens is 238 g/mol. The molecule has 0 aromatic carbocycles. The van der Waals surface area contributed by atoms with Crippen LogP contribution in [0.15, 0.2) is 35.5 Å². The van der Waals surface area contributed by atoms with Gasteiger partial charge in [-0.25, -0.2) is 0 Å². The first-order valence-corrected chi connectivity index (χ1v) is 7.17. The molecule has 0 unspecified atom stereocenters. The molecule has 0 heterocycles. The summed E-state index contributed by atoms with van der Waals surface area (Å²) in [5.41, 5.74) is 2.86. The van der Waals surface area contributed by atoms with Crippen LogP contribution >= 0.6 is 0 Å². The smallest absolute Gasteiger partial charge is 0.317 e. The van der Waals surface area contributed by atoms with Gasteiger partial charge in [0.15, 0.2) is 0 Å². The van der Waals surface area contributed by atoms with Crippen LogP contribution in [0, 0.1) is 5.92 Å². The molecule has 0 amide bonds. The summed E-state index contributed by atoms with van der Waals surface area (Å²) in [6.45, 7) is 2.17. The van der Waals surface area contributed by atoms with Crippen molar-refractivity contribution < 1.29 is 9.90 Å². The zero-order chi connectivity index (χ0) is 13.7. The summed E-state index contributed by atoms with van der Waals surface area (Å²) in [6, 6.07) is 0.381. The van der Waals surface area contributed by atoms with Crippen LogP contribution in [0.4, 0.5) is 0 Å². The minimum Gasteiger partial charge on any atom is -0.480 e. The first kappa shape index (κ1) is 14.1. The second-order valence-electron chi connectivity index (χ2n) is 5.43. The molecule has 3 heteroatoms. The Morgan fingerprint density at radius 1 is 1.37 bits per heavy atom. The summed E-state index contributed by atoms with van der Waals surface area (Å²) < 4.78 is 0. The van der Waals surface area contributed by atoms with Gasteiger partial charge in [0, 0.05) is 6.04 Å². The van der Waals surface area contributed by atoms with Crippen LogP contribution in [0.5, 0.6) is 0 Å². The van der Waals surface area contributed by atoms with E-state index >= 15 is 0 Å². The van der Waals surface area contributed by atoms with Crippen molar-refractivity contribution in [2.45, 2.75) is 45.1 Å². The standard InChI is InChI=1S/C16H23NO2/c1-2-12-3-5-13(6-4-12)14-7-9-15(10-8-14)17-11-16(18)19/h2-3,5-6,14-15,17H,4,7-11H2,1H3,(H,18,19)/b12-2+. The number of carbonyl (C=O) groups is 1. The molecule has 19 heavy (non-hydrogen) atoms. The van der Waals surface area contributed by atoms with Crippen molar-refractivity contribution in [3.63, 3.8) is 0 Å². The zero-order valence-electron chi connectivity index (χ0n) is 11.6. The predicted octanol–water partition coefficient (Wildman–Crippen LogP) is 3.05. The van der Waals surface area contributed by atoms with E-state index in [-0.39, 0.29) is 6.54 Å². The van der Waals surface area contributed by atoms with Crippen LogP contribution in [0.25, 0.3) is 0 Å². The second kappa shape index (κ2) is 6.71. The molecule has 1 fully saturated rings. The maximum Gasteiger partial charge on any atom is 0.317 e. The molecule has 0 saturated heterocycles. The van der Waals surface area contributed by atoms with Crippen molar-refractivity contribution in [3.8, 4) is 0 Å². The highest BCUT2D eigenvalue weighted by Crippen LogP contribution is 2.33. The number of carboxylic acid groups (broad SMARTS) is 1. The first-order valence-electron chi connectivity index (χ1n) is 7.17. The second-order valence-corrected chi connectivity index (χ2v) is 5.43. The number of hydrogen-bond acceptors (Lipinski definition) is 2. The maximum atomic E-state index is 10.5. The quantitative estimate of drug-likeness (QED) is 0.817. The molecule has 0 spiro atoms. The minimum atomic E-state index is -0.765. The van der Waals surface area contributed by atoms with Gasteiger partial charge in [-0.1, -0.05) is 24.3 Å². The van der Waals surface area contributed by atoms with Gasteiger partial charge in [0.05, 0.1) is 6.54 Å². The Morgan fingerprint density at radius 3 is 2.63 bits per heavy atom. The molecule has 3 nitrogen and oxygen atoms in total. The Morgan fingerprint density at radius 2 is 2.11 bits per heavy atom. The van der Waals surface area contributed by atoms with Crippen molar-refractivity contribution in [3.05, 3.63) is 35.5 Å². The van der Waals surface area contributed by atoms with Gasteiger partial charge in [-0.3, -0.25) is 4.79 Å². The number of nitrogens with one attached hydrogen (secondary N) is 1. The van der Waals surface area contributed by atoms with E-state index in [1.54, 1.807) is 0 Å². The average Bonchev–Trinajstić information content (AvgIpc) is 2.46. The van der Waals surface area contributed by atoms with Gasteiger partial charge in [-0.2, -0.15) is 0 Å². The molecule has 0 radical (unpaired) electrons. The van der Waals surface area contributed by atoms with Crippen molar-refractivity contribution in [1.82, 2.24) is 5.32 Å². The highest BCUT2D eigenvalue weighted by atomic mass is 16.4. The molecule has 2 aliphatic carbocycles. The Kier molecular flexibility index (Phi) is 4.97. The van der Waals surface area contributed by atoms with E-state index in [4.69, 9.17) is 5.11 Å². The lowest BCUT2D eigenvalue weighted by molar-refractivity contribution is -0.136. The van der Waals surface area contributed by atoms with Crippen LogP contribution in [0.3, 0.4) is 0 Å². The Bertz CT molecular complexity index is 412. The van der Waals surface area contributed by atoms with Crippen molar-refractivity contribution >= 4 is 5.97 Å². The van der Waals surface area contributed by atoms with Gasteiger partial charge in [0.1, 0.15) is 0 Å². The van der Waals surface area contributed by atoms with Crippen molar-refractivity contribution in [2.75, 3.05) is 6.54 Å². The molecule has 0 aromatic heterocycles. The van der Waals surface area contributed by atoms with E-state index in [2.05, 4.69) is 36.5 Å². The number of rotatable bonds is 4. The molecule has 1 saturated carbocycles. The summed E-state index contributed by atoms with van der Waals surface area (Å²) in [6.07, 6.45) is 14.6. The predicted molar refractivity (Wildman–Crippen MR) is 77.0 cm³/mol. The molecule has 0 atom stereocenters. The molecule has 0 aromatic rings. The highest BCUT2D eigenvalue weighted by molar-refractivity contribution is 5.69. The summed E-state index contributed by atoms with van der Waals surface area (Å²) in [4.78, 5) is 10.5. The fourth-order valence-electron chi connectivity index (χ4n) is 2.95. The van der Waals surface area contributed by atoms with Crippen molar-refractivity contribution in [2.24, 2.45) is 5.92 Å². The van der Waals surface area contributed by atoms with Crippen molar-refractivity contribution in [1.29, 1.82) is 0 Å². The van der Waals surface area contributed by atoms with Crippen LogP contribution in [0.2, 0.25) is 0 Å². The van der Waals surface area contributed by atoms with Crippen LogP contribution < -0.4 is 5.32 Å². The van der Waals surface area contributed by atoms with Gasteiger partial charge in [-0.15, -0.1) is 0 Å². The van der Waals surface area contributed by atoms with E-state index in [0.717, 1.165) is 19.3 Å². The van der Waals surface area contributed by atoms with E-state index < -0.39 is 5.97 Å². The third-order valence-electron chi connectivity index (χ3n) is 4.17. The third kappa shape index (κ3) is 4.06. The molecule has 0 aliphatic heterocycles. The summed E-state index contributed by atoms with van der Waals surface area (Å²) in [7, 11) is 0. The molecule has 0 bridgehead atoms. The zero-order valence-corrected chi connectivity index (χ0v) is 11.6. The molecule has 2 aliphatic rings. The summed E-state index contributed by atoms with van der Waals surface area (Å²) in [5, 5.41) is 11.8. The van der Waals surface area contributed by atoms with Crippen LogP contribution in [-0.4, -0.2) is 23.7 Å². The van der Waals surface area contributed by atoms with Gasteiger partial charge in [0.25, 0.3) is 0 Å². The number of hydrogen-bond donors (Lipinski definition) is 2. The Labute approximate surface area is 115 Å². The van der Waals surface area contributed by atoms with Crippen LogP contribution in [0.1, 0.15) is 39.0 Å². The van der Waals surface area contributed by atoms with Gasteiger partial charge < -0.3 is 10.4 Å². The summed E-state index contributed by atoms with van der Waals surface area (Å²) >= 11 is 0. The molecule has 2 N–H and O–H groups in total. The molecule has 2 rings (SSSR count). The van der Waals surface area contributed by atoms with Gasteiger partial charge >= 0.3 is 5.97 Å². The topological polar surface area (TPSA) is 49.3 Å². The monoisotopic (exact) mass is 261 g/mol. The SMILES string of the molecule is C/C=C1\C=CC(C2CCC(NCC(=O)O)CC2)=CC1. The van der Waals surface area contributed by atoms with Gasteiger partial charge in [-0.05, 0) is 56.1 Å². The fourth-order valence-corrected chi connectivity index (χ4v) is 2.95. The average molecular weight is 261 g/mol. The molecule has 104 valence electrons. The van der Waals surface area contributed by atoms with E-state index in [9.17, 15) is 4.79 Å². The number of carboxylic acids is 1. The number of allylic oxidation sites excluding steroid dienone is 6. The van der Waals surface area contributed by atoms with Gasteiger partial charge in [0.2, 0.25) is 0 Å². The third-order valence-corrected chi connectivity index (χ3v) is 4.17. The summed E-state index contributed by atoms with van der Waals surface area (Å²) in [5.74, 6) is -0.100. The Hall–Kier alpha value is -1.35. The Balaban J connectivity index is 1.79. The lowest BCUT2D eigenvalue weighted by Gasteiger charge is -2.30. The normalized spacial score (nSPS) is 29.3. The van der Waals surface area contributed by atoms with E-state index in [1.165, 1.54) is 24.0 Å². The van der Waals surface area contributed by atoms with E-state index in [1.807, 2.05) is 0 Å². The number of aliphatic carboxylic acids is 1. The fraction of sp³-hybridized carbons (Fsp3) is 0.562. The maximum absolute atomic E-state index is 10.5. The lowest BCUT2D eigenvalue weighted by Crippen LogP contribution is -2.36. The lowest BCUT2D eigenvalue weighted by atomic mass is 9.79. The van der Waals surface area contributed by atoms with Crippen LogP contribution in [-0.2, 0) is 4.79 Å². The largest absolute Gasteiger partial charge is 0.480 e. The molecular formula is C16H23NO2. The van der Waals surface area contributed by atoms with E-state index in [0.29, 0.717) is 12.0 Å². The minimum absolute atomic E-state index is 0.0859. The highest BCUT2D eigenvalue weighted by Gasteiger charge is 2.23.